The van der Waals surface area contributed by atoms with E-state index in [1.807, 2.05) is 25.1 Å². The van der Waals surface area contributed by atoms with E-state index in [0.29, 0.717) is 29.3 Å². The smallest absolute Gasteiger partial charge is 0.338 e. The van der Waals surface area contributed by atoms with E-state index < -0.39 is 5.97 Å². The van der Waals surface area contributed by atoms with Gasteiger partial charge in [0.05, 0.1) is 24.3 Å². The second kappa shape index (κ2) is 8.41. The van der Waals surface area contributed by atoms with Gasteiger partial charge in [-0.2, -0.15) is 0 Å². The molecule has 1 aromatic heterocycles. The first-order valence-corrected chi connectivity index (χ1v) is 9.84. The molecular weight excluding hydrogens is 384 g/mol. The molecule has 2 heterocycles. The lowest BCUT2D eigenvalue weighted by Gasteiger charge is -2.05. The molecule has 0 aliphatic carbocycles. The number of carbonyl (C=O) groups excluding carboxylic acids is 2. The number of hydrogen-bond acceptors (Lipinski definition) is 6. The predicted molar refractivity (Wildman–Crippen MR) is 110 cm³/mol. The van der Waals surface area contributed by atoms with Crippen LogP contribution < -0.4 is 10.1 Å². The number of nitrogens with zero attached hydrogens (tertiary/aromatic N) is 1. The molecule has 1 unspecified atom stereocenters. The number of carbonyl (C=O) groups is 2. The summed E-state index contributed by atoms with van der Waals surface area (Å²) in [6.07, 6.45) is 1.12. The first-order valence-electron chi connectivity index (χ1n) is 9.84. The Balaban J connectivity index is 1.37. The Bertz CT molecular complexity index is 1070. The fourth-order valence-electron chi connectivity index (χ4n) is 3.38. The zero-order valence-corrected chi connectivity index (χ0v) is 16.8. The van der Waals surface area contributed by atoms with E-state index in [1.165, 1.54) is 0 Å². The summed E-state index contributed by atoms with van der Waals surface area (Å²) in [7, 11) is 0. The van der Waals surface area contributed by atoms with Crippen LogP contribution in [0.15, 0.2) is 53.1 Å². The Morgan fingerprint density at radius 2 is 1.97 bits per heavy atom. The molecule has 0 spiro atoms. The molecule has 1 N–H and O–H groups in total. The van der Waals surface area contributed by atoms with Crippen molar-refractivity contribution in [2.45, 2.75) is 32.8 Å². The summed E-state index contributed by atoms with van der Waals surface area (Å²) in [6, 6.07) is 14.2. The maximum atomic E-state index is 12.3. The van der Waals surface area contributed by atoms with Gasteiger partial charge in [-0.25, -0.2) is 4.79 Å². The highest BCUT2D eigenvalue weighted by Crippen LogP contribution is 2.33. The van der Waals surface area contributed by atoms with Crippen molar-refractivity contribution in [3.8, 4) is 17.1 Å². The van der Waals surface area contributed by atoms with Crippen molar-refractivity contribution in [2.24, 2.45) is 0 Å². The number of amides is 1. The molecule has 1 aliphatic heterocycles. The molecule has 7 nitrogen and oxygen atoms in total. The quantitative estimate of drug-likeness (QED) is 0.622. The number of anilines is 1. The van der Waals surface area contributed by atoms with Crippen LogP contribution in [-0.4, -0.2) is 29.7 Å². The molecule has 1 aliphatic rings. The Kier molecular flexibility index (Phi) is 5.52. The van der Waals surface area contributed by atoms with Gasteiger partial charge in [0.25, 0.3) is 0 Å². The number of ether oxygens (including phenoxy) is 2. The first-order chi connectivity index (χ1) is 14.5. The molecule has 154 valence electrons. The van der Waals surface area contributed by atoms with Gasteiger partial charge in [0.2, 0.25) is 5.91 Å². The summed E-state index contributed by atoms with van der Waals surface area (Å²) >= 11 is 0. The van der Waals surface area contributed by atoms with E-state index >= 15 is 0 Å². The molecule has 30 heavy (non-hydrogen) atoms. The largest absolute Gasteiger partial charge is 0.490 e. The summed E-state index contributed by atoms with van der Waals surface area (Å²) in [5.41, 5.74) is 3.60. The lowest BCUT2D eigenvalue weighted by molar-refractivity contribution is -0.115. The molecule has 4 rings (SSSR count). The SMILES string of the molecule is CCOC(=O)c1ccc(NC(=O)Cc2cc(-c3ccc4c(c3)CC(C)O4)on2)cc1. The van der Waals surface area contributed by atoms with Crippen LogP contribution in [-0.2, 0) is 22.4 Å². The second-order valence-electron chi connectivity index (χ2n) is 7.16. The van der Waals surface area contributed by atoms with Crippen LogP contribution >= 0.6 is 0 Å². The van der Waals surface area contributed by atoms with Crippen LogP contribution in [0.4, 0.5) is 5.69 Å². The average molecular weight is 406 g/mol. The van der Waals surface area contributed by atoms with E-state index in [1.54, 1.807) is 37.3 Å². The highest BCUT2D eigenvalue weighted by molar-refractivity contribution is 5.93. The van der Waals surface area contributed by atoms with Crippen LogP contribution in [0.1, 0.15) is 35.5 Å². The first kappa shape index (κ1) is 19.7. The van der Waals surface area contributed by atoms with Crippen molar-refractivity contribution in [1.29, 1.82) is 0 Å². The number of hydrogen-bond donors (Lipinski definition) is 1. The molecule has 1 atom stereocenters. The third-order valence-corrected chi connectivity index (χ3v) is 4.76. The number of esters is 1. The van der Waals surface area contributed by atoms with Gasteiger partial charge in [0.15, 0.2) is 5.76 Å². The van der Waals surface area contributed by atoms with E-state index in [4.69, 9.17) is 14.0 Å². The van der Waals surface area contributed by atoms with E-state index in [2.05, 4.69) is 10.5 Å². The van der Waals surface area contributed by atoms with Gasteiger partial charge in [0.1, 0.15) is 11.9 Å². The molecule has 0 fully saturated rings. The number of benzene rings is 2. The molecule has 0 saturated carbocycles. The van der Waals surface area contributed by atoms with Crippen molar-refractivity contribution < 1.29 is 23.6 Å². The summed E-state index contributed by atoms with van der Waals surface area (Å²) in [5.74, 6) is 0.895. The Labute approximate surface area is 174 Å². The fraction of sp³-hybridized carbons (Fsp3) is 0.261. The maximum Gasteiger partial charge on any atom is 0.338 e. The summed E-state index contributed by atoms with van der Waals surface area (Å²) in [4.78, 5) is 24.0. The van der Waals surface area contributed by atoms with Crippen molar-refractivity contribution in [3.63, 3.8) is 0 Å². The van der Waals surface area contributed by atoms with Crippen molar-refractivity contribution in [3.05, 3.63) is 65.4 Å². The summed E-state index contributed by atoms with van der Waals surface area (Å²) in [6.45, 7) is 4.10. The number of nitrogens with one attached hydrogen (secondary N) is 1. The third-order valence-electron chi connectivity index (χ3n) is 4.76. The summed E-state index contributed by atoms with van der Waals surface area (Å²) < 4.78 is 16.1. The minimum atomic E-state index is -0.391. The lowest BCUT2D eigenvalue weighted by atomic mass is 10.1. The standard InChI is InChI=1S/C23H22N2O5/c1-3-28-23(27)15-4-7-18(8-5-15)24-22(26)13-19-12-21(30-25-19)16-6-9-20-17(11-16)10-14(2)29-20/h4-9,11-12,14H,3,10,13H2,1-2H3,(H,24,26). The van der Waals surface area contributed by atoms with Crippen LogP contribution in [0, 0.1) is 0 Å². The molecule has 7 heteroatoms. The number of aromatic nitrogens is 1. The predicted octanol–water partition coefficient (Wildman–Crippen LogP) is 4.02. The van der Waals surface area contributed by atoms with E-state index in [9.17, 15) is 9.59 Å². The normalized spacial score (nSPS) is 14.7. The van der Waals surface area contributed by atoms with Gasteiger partial charge in [-0.3, -0.25) is 4.79 Å². The van der Waals surface area contributed by atoms with Crippen LogP contribution in [0.25, 0.3) is 11.3 Å². The highest BCUT2D eigenvalue weighted by Gasteiger charge is 2.20. The highest BCUT2D eigenvalue weighted by atomic mass is 16.5. The monoisotopic (exact) mass is 406 g/mol. The molecule has 0 saturated heterocycles. The Hall–Kier alpha value is -3.61. The van der Waals surface area contributed by atoms with Crippen LogP contribution in [0.3, 0.4) is 0 Å². The molecule has 0 bridgehead atoms. The minimum absolute atomic E-state index is 0.0776. The zero-order chi connectivity index (χ0) is 21.1. The van der Waals surface area contributed by atoms with Gasteiger partial charge in [0, 0.05) is 23.7 Å². The van der Waals surface area contributed by atoms with Crippen LogP contribution in [0.2, 0.25) is 0 Å². The molecule has 1 amide bonds. The van der Waals surface area contributed by atoms with E-state index in [0.717, 1.165) is 23.3 Å². The van der Waals surface area contributed by atoms with Crippen molar-refractivity contribution >= 4 is 17.6 Å². The topological polar surface area (TPSA) is 90.7 Å². The van der Waals surface area contributed by atoms with Gasteiger partial charge < -0.3 is 19.3 Å². The number of rotatable bonds is 6. The van der Waals surface area contributed by atoms with Crippen molar-refractivity contribution in [1.82, 2.24) is 5.16 Å². The van der Waals surface area contributed by atoms with Gasteiger partial charge in [-0.15, -0.1) is 0 Å². The van der Waals surface area contributed by atoms with Gasteiger partial charge >= 0.3 is 5.97 Å². The lowest BCUT2D eigenvalue weighted by Crippen LogP contribution is -2.14. The number of fused-ring (bicyclic) bond motifs is 1. The molecule has 3 aromatic rings. The Morgan fingerprint density at radius 3 is 2.73 bits per heavy atom. The van der Waals surface area contributed by atoms with Crippen LogP contribution in [0.5, 0.6) is 5.75 Å². The van der Waals surface area contributed by atoms with Gasteiger partial charge in [-0.1, -0.05) is 5.16 Å². The molecule has 2 aromatic carbocycles. The Morgan fingerprint density at radius 1 is 1.17 bits per heavy atom. The van der Waals surface area contributed by atoms with Gasteiger partial charge in [-0.05, 0) is 61.9 Å². The second-order valence-corrected chi connectivity index (χ2v) is 7.16. The molecular formula is C23H22N2O5. The average Bonchev–Trinajstić information content (AvgIpc) is 3.33. The maximum absolute atomic E-state index is 12.3. The van der Waals surface area contributed by atoms with E-state index in [-0.39, 0.29) is 18.4 Å². The molecule has 0 radical (unpaired) electrons. The zero-order valence-electron chi connectivity index (χ0n) is 16.8. The summed E-state index contributed by atoms with van der Waals surface area (Å²) in [5, 5.41) is 6.80. The minimum Gasteiger partial charge on any atom is -0.490 e. The third kappa shape index (κ3) is 4.35. The fourth-order valence-corrected chi connectivity index (χ4v) is 3.38. The van der Waals surface area contributed by atoms with Crippen molar-refractivity contribution in [2.75, 3.05) is 11.9 Å².